The Morgan fingerprint density at radius 3 is 2.33 bits per heavy atom. The third-order valence-corrected chi connectivity index (χ3v) is 6.73. The third-order valence-electron chi connectivity index (χ3n) is 6.73. The van der Waals surface area contributed by atoms with E-state index in [1.165, 1.54) is 28.8 Å². The highest BCUT2D eigenvalue weighted by Gasteiger charge is 2.33. The van der Waals surface area contributed by atoms with Crippen molar-refractivity contribution >= 4 is 17.3 Å². The maximum Gasteiger partial charge on any atom is 0.335 e. The minimum atomic E-state index is -0.889. The van der Waals surface area contributed by atoms with E-state index in [2.05, 4.69) is 70.4 Å². The first-order valence-corrected chi connectivity index (χ1v) is 11.1. The van der Waals surface area contributed by atoms with Crippen LogP contribution in [-0.2, 0) is 5.41 Å². The zero-order valence-electron chi connectivity index (χ0n) is 19.5. The first kappa shape index (κ1) is 22.2. The number of anilines is 2. The molecule has 1 N–H and O–H groups in total. The molecule has 162 valence electrons. The van der Waals surface area contributed by atoms with Crippen LogP contribution in [0.1, 0.15) is 81.1 Å². The molecule has 4 heteroatoms. The van der Waals surface area contributed by atoms with Crippen molar-refractivity contribution in [3.05, 3.63) is 58.7 Å². The number of hydrogen-bond acceptors (Lipinski definition) is 3. The molecule has 1 aliphatic heterocycles. The molecule has 0 amide bonds. The summed E-state index contributed by atoms with van der Waals surface area (Å²) in [6.07, 6.45) is 1.17. The second-order valence-electron chi connectivity index (χ2n) is 9.46. The number of benzene rings is 2. The summed E-state index contributed by atoms with van der Waals surface area (Å²) in [5.41, 5.74) is 7.03. The van der Waals surface area contributed by atoms with Crippen molar-refractivity contribution in [3.63, 3.8) is 0 Å². The Balaban J connectivity index is 2.03. The van der Waals surface area contributed by atoms with E-state index < -0.39 is 5.97 Å². The van der Waals surface area contributed by atoms with Gasteiger partial charge in [0.05, 0.1) is 11.6 Å². The second kappa shape index (κ2) is 8.33. The normalized spacial score (nSPS) is 16.3. The van der Waals surface area contributed by atoms with Crippen molar-refractivity contribution in [2.24, 2.45) is 0 Å². The summed E-state index contributed by atoms with van der Waals surface area (Å²) in [4.78, 5) is 16.1. The average Bonchev–Trinajstić information content (AvgIpc) is 2.68. The molecule has 0 saturated carbocycles. The van der Waals surface area contributed by atoms with Crippen molar-refractivity contribution in [2.45, 2.75) is 72.4 Å². The summed E-state index contributed by atoms with van der Waals surface area (Å²) in [5.74, 6) is -0.889. The lowest BCUT2D eigenvalue weighted by molar-refractivity contribution is 0.0697. The van der Waals surface area contributed by atoms with Crippen LogP contribution in [0.5, 0.6) is 0 Å². The Morgan fingerprint density at radius 2 is 1.80 bits per heavy atom. The lowest BCUT2D eigenvalue weighted by Crippen LogP contribution is -2.41. The van der Waals surface area contributed by atoms with Gasteiger partial charge in [-0.2, -0.15) is 0 Å². The van der Waals surface area contributed by atoms with E-state index >= 15 is 0 Å². The van der Waals surface area contributed by atoms with E-state index in [1.54, 1.807) is 12.1 Å². The molecule has 0 radical (unpaired) electrons. The van der Waals surface area contributed by atoms with Crippen LogP contribution in [0.2, 0.25) is 0 Å². The molecule has 1 unspecified atom stereocenters. The van der Waals surface area contributed by atoms with Crippen molar-refractivity contribution in [1.82, 2.24) is 0 Å². The number of aryl methyl sites for hydroxylation is 1. The van der Waals surface area contributed by atoms with Gasteiger partial charge in [0.15, 0.2) is 0 Å². The van der Waals surface area contributed by atoms with Crippen LogP contribution in [0.25, 0.3) is 0 Å². The van der Waals surface area contributed by atoms with E-state index in [0.29, 0.717) is 11.6 Å². The van der Waals surface area contributed by atoms with Crippen LogP contribution in [0.15, 0.2) is 36.4 Å². The summed E-state index contributed by atoms with van der Waals surface area (Å²) >= 11 is 0. The standard InChI is InChI=1S/C26H36N2O2/c1-8-27(21-11-9-20(10-12-21)25(29)30)19(5)22-16-24-23(15-18(22)4)26(6,7)13-14-28(24)17(2)3/h9-12,15-17,19H,8,13-14H2,1-7H3,(H,29,30). The molecule has 2 aromatic carbocycles. The zero-order chi connectivity index (χ0) is 22.2. The number of hydrogen-bond donors (Lipinski definition) is 1. The van der Waals surface area contributed by atoms with Crippen LogP contribution < -0.4 is 9.80 Å². The number of carboxylic acids is 1. The van der Waals surface area contributed by atoms with Crippen molar-refractivity contribution in [2.75, 3.05) is 22.9 Å². The van der Waals surface area contributed by atoms with E-state index in [4.69, 9.17) is 0 Å². The summed E-state index contributed by atoms with van der Waals surface area (Å²) in [7, 11) is 0. The molecule has 3 rings (SSSR count). The van der Waals surface area contributed by atoms with Crippen molar-refractivity contribution in [1.29, 1.82) is 0 Å². The van der Waals surface area contributed by atoms with E-state index in [1.807, 2.05) is 12.1 Å². The van der Waals surface area contributed by atoms with Crippen LogP contribution in [-0.4, -0.2) is 30.2 Å². The molecule has 0 bridgehead atoms. The van der Waals surface area contributed by atoms with E-state index in [9.17, 15) is 9.90 Å². The SMILES string of the molecule is CCN(c1ccc(C(=O)O)cc1)C(C)c1cc2c(cc1C)C(C)(C)CCN2C(C)C. The summed E-state index contributed by atoms with van der Waals surface area (Å²) in [6.45, 7) is 17.8. The van der Waals surface area contributed by atoms with Gasteiger partial charge in [0.2, 0.25) is 0 Å². The fourth-order valence-corrected chi connectivity index (χ4v) is 4.78. The minimum absolute atomic E-state index is 0.185. The minimum Gasteiger partial charge on any atom is -0.478 e. The predicted octanol–water partition coefficient (Wildman–Crippen LogP) is 6.18. The average molecular weight is 409 g/mol. The van der Waals surface area contributed by atoms with Gasteiger partial charge in [-0.25, -0.2) is 4.79 Å². The van der Waals surface area contributed by atoms with Gasteiger partial charge in [-0.05, 0) is 93.5 Å². The van der Waals surface area contributed by atoms with Gasteiger partial charge in [-0.3, -0.25) is 0 Å². The number of carboxylic acid groups (broad SMARTS) is 1. The molecule has 0 fully saturated rings. The fraction of sp³-hybridized carbons (Fsp3) is 0.500. The molecular weight excluding hydrogens is 372 g/mol. The largest absolute Gasteiger partial charge is 0.478 e. The zero-order valence-corrected chi connectivity index (χ0v) is 19.5. The highest BCUT2D eigenvalue weighted by Crippen LogP contribution is 2.43. The number of nitrogens with zero attached hydrogens (tertiary/aromatic N) is 2. The molecule has 0 aromatic heterocycles. The highest BCUT2D eigenvalue weighted by molar-refractivity contribution is 5.88. The molecule has 1 atom stereocenters. The van der Waals surface area contributed by atoms with Crippen LogP contribution in [0.3, 0.4) is 0 Å². The molecule has 1 heterocycles. The molecular formula is C26H36N2O2. The Labute approximate surface area is 181 Å². The topological polar surface area (TPSA) is 43.8 Å². The molecule has 4 nitrogen and oxygen atoms in total. The summed E-state index contributed by atoms with van der Waals surface area (Å²) < 4.78 is 0. The fourth-order valence-electron chi connectivity index (χ4n) is 4.78. The van der Waals surface area contributed by atoms with Gasteiger partial charge in [0, 0.05) is 30.5 Å². The maximum atomic E-state index is 11.2. The van der Waals surface area contributed by atoms with Crippen molar-refractivity contribution in [3.8, 4) is 0 Å². The lowest BCUT2D eigenvalue weighted by Gasteiger charge is -2.43. The van der Waals surface area contributed by atoms with E-state index in [-0.39, 0.29) is 11.5 Å². The Hall–Kier alpha value is -2.49. The number of fused-ring (bicyclic) bond motifs is 1. The first-order chi connectivity index (χ1) is 14.1. The Morgan fingerprint density at radius 1 is 1.17 bits per heavy atom. The van der Waals surface area contributed by atoms with Gasteiger partial charge in [-0.1, -0.05) is 19.9 Å². The molecule has 1 aliphatic rings. The second-order valence-corrected chi connectivity index (χ2v) is 9.46. The van der Waals surface area contributed by atoms with Gasteiger partial charge in [0.1, 0.15) is 0 Å². The monoisotopic (exact) mass is 408 g/mol. The van der Waals surface area contributed by atoms with Crippen molar-refractivity contribution < 1.29 is 9.90 Å². The smallest absolute Gasteiger partial charge is 0.335 e. The van der Waals surface area contributed by atoms with Gasteiger partial charge in [-0.15, -0.1) is 0 Å². The lowest BCUT2D eigenvalue weighted by atomic mass is 9.75. The first-order valence-electron chi connectivity index (χ1n) is 11.1. The quantitative estimate of drug-likeness (QED) is 0.620. The van der Waals surface area contributed by atoms with Crippen LogP contribution in [0.4, 0.5) is 11.4 Å². The number of aromatic carboxylic acids is 1. The highest BCUT2D eigenvalue weighted by atomic mass is 16.4. The number of carbonyl (C=O) groups is 1. The van der Waals surface area contributed by atoms with E-state index in [0.717, 1.165) is 18.8 Å². The van der Waals surface area contributed by atoms with Gasteiger partial charge < -0.3 is 14.9 Å². The summed E-state index contributed by atoms with van der Waals surface area (Å²) in [6, 6.07) is 12.7. The molecule has 0 saturated heterocycles. The number of rotatable bonds is 6. The Kier molecular flexibility index (Phi) is 6.16. The van der Waals surface area contributed by atoms with Crippen LogP contribution >= 0.6 is 0 Å². The van der Waals surface area contributed by atoms with Gasteiger partial charge in [0.25, 0.3) is 0 Å². The molecule has 30 heavy (non-hydrogen) atoms. The van der Waals surface area contributed by atoms with Gasteiger partial charge >= 0.3 is 5.97 Å². The molecule has 0 spiro atoms. The molecule has 0 aliphatic carbocycles. The predicted molar refractivity (Wildman–Crippen MR) is 126 cm³/mol. The Bertz CT molecular complexity index is 915. The van der Waals surface area contributed by atoms with Crippen LogP contribution in [0, 0.1) is 6.92 Å². The maximum absolute atomic E-state index is 11.2. The molecule has 2 aromatic rings. The third kappa shape index (κ3) is 4.05. The summed E-state index contributed by atoms with van der Waals surface area (Å²) in [5, 5.41) is 9.20.